The van der Waals surface area contributed by atoms with Crippen LogP contribution in [0.4, 0.5) is 18.9 Å². The lowest BCUT2D eigenvalue weighted by molar-refractivity contribution is -0.137. The predicted octanol–water partition coefficient (Wildman–Crippen LogP) is 7.60. The molecule has 1 N–H and O–H groups in total. The summed E-state index contributed by atoms with van der Waals surface area (Å²) in [5.41, 5.74) is 3.36. The van der Waals surface area contributed by atoms with Crippen LogP contribution in [0.2, 0.25) is 0 Å². The van der Waals surface area contributed by atoms with Gasteiger partial charge in [0.2, 0.25) is 5.91 Å². The zero-order chi connectivity index (χ0) is 26.6. The first-order valence-corrected chi connectivity index (χ1v) is 13.3. The number of benzene rings is 3. The Kier molecular flexibility index (Phi) is 8.27. The van der Waals surface area contributed by atoms with Crippen molar-refractivity contribution in [1.29, 1.82) is 0 Å². The van der Waals surface area contributed by atoms with Gasteiger partial charge in [0.25, 0.3) is 0 Å². The summed E-state index contributed by atoms with van der Waals surface area (Å²) in [6.45, 7) is 7.04. The Morgan fingerprint density at radius 3 is 2.30 bits per heavy atom. The van der Waals surface area contributed by atoms with Gasteiger partial charge in [-0.1, -0.05) is 45.0 Å². The molecule has 0 spiro atoms. The largest absolute Gasteiger partial charge is 0.416 e. The molecule has 8 heteroatoms. The normalized spacial score (nSPS) is 11.9. The van der Waals surface area contributed by atoms with Crippen molar-refractivity contribution in [3.63, 3.8) is 0 Å². The van der Waals surface area contributed by atoms with E-state index >= 15 is 0 Å². The monoisotopic (exact) mass is 525 g/mol. The summed E-state index contributed by atoms with van der Waals surface area (Å²) in [7, 11) is 0. The molecule has 0 aliphatic rings. The summed E-state index contributed by atoms with van der Waals surface area (Å²) >= 11 is 1.76. The first-order valence-electron chi connectivity index (χ1n) is 12.3. The van der Waals surface area contributed by atoms with E-state index < -0.39 is 11.7 Å². The van der Waals surface area contributed by atoms with Crippen LogP contribution < -0.4 is 5.32 Å². The van der Waals surface area contributed by atoms with Crippen molar-refractivity contribution in [2.45, 2.75) is 51.2 Å². The van der Waals surface area contributed by atoms with Crippen molar-refractivity contribution < 1.29 is 18.0 Å². The van der Waals surface area contributed by atoms with Crippen LogP contribution in [0, 0.1) is 5.92 Å². The number of nitrogens with zero attached hydrogens (tertiary/aromatic N) is 2. The van der Waals surface area contributed by atoms with Gasteiger partial charge in [-0.3, -0.25) is 4.79 Å². The molecule has 4 rings (SSSR count). The maximum absolute atomic E-state index is 12.9. The van der Waals surface area contributed by atoms with Gasteiger partial charge >= 0.3 is 6.18 Å². The molecule has 1 aromatic heterocycles. The molecule has 0 bridgehead atoms. The van der Waals surface area contributed by atoms with Crippen LogP contribution in [0.5, 0.6) is 0 Å². The first-order chi connectivity index (χ1) is 17.6. The highest BCUT2D eigenvalue weighted by atomic mass is 32.2. The molecule has 4 aromatic rings. The van der Waals surface area contributed by atoms with Gasteiger partial charge in [0, 0.05) is 23.5 Å². The van der Waals surface area contributed by atoms with E-state index in [9.17, 15) is 18.0 Å². The Hall–Kier alpha value is -3.26. The Morgan fingerprint density at radius 2 is 1.68 bits per heavy atom. The fourth-order valence-electron chi connectivity index (χ4n) is 4.22. The third kappa shape index (κ3) is 6.95. The fraction of sp³-hybridized carbons (Fsp3) is 0.310. The maximum atomic E-state index is 12.9. The third-order valence-corrected chi connectivity index (χ3v) is 6.80. The second-order valence-electron chi connectivity index (χ2n) is 9.41. The van der Waals surface area contributed by atoms with Gasteiger partial charge in [-0.2, -0.15) is 13.2 Å². The zero-order valence-electron chi connectivity index (χ0n) is 21.1. The number of hydrogen-bond acceptors (Lipinski definition) is 3. The van der Waals surface area contributed by atoms with Gasteiger partial charge < -0.3 is 9.88 Å². The van der Waals surface area contributed by atoms with E-state index in [-0.39, 0.29) is 12.3 Å². The summed E-state index contributed by atoms with van der Waals surface area (Å²) in [5, 5.41) is 2.96. The number of aromatic nitrogens is 2. The standard InChI is InChI=1S/C29H30F3N3OS/c1-4-37-24-12-7-21(8-13-24)16-28(36)33-23-11-14-26-25(17-23)34-27(35(26)18-19(2)3)15-20-5-9-22(10-6-20)29(30,31)32/h5-14,17,19H,4,15-16,18H2,1-3H3,(H,33,36). The van der Waals surface area contributed by atoms with Gasteiger partial charge in [-0.05, 0) is 65.3 Å². The third-order valence-electron chi connectivity index (χ3n) is 5.90. The van der Waals surface area contributed by atoms with Gasteiger partial charge in [-0.25, -0.2) is 4.98 Å². The molecule has 0 fully saturated rings. The number of nitrogens with one attached hydrogen (secondary N) is 1. The Balaban J connectivity index is 1.53. The average molecular weight is 526 g/mol. The lowest BCUT2D eigenvalue weighted by Crippen LogP contribution is -2.14. The molecule has 4 nitrogen and oxygen atoms in total. The quantitative estimate of drug-likeness (QED) is 0.229. The summed E-state index contributed by atoms with van der Waals surface area (Å²) in [5.74, 6) is 2.02. The topological polar surface area (TPSA) is 46.9 Å². The van der Waals surface area contributed by atoms with Gasteiger partial charge in [0.15, 0.2) is 0 Å². The number of halogens is 3. The van der Waals surface area contributed by atoms with E-state index in [1.807, 2.05) is 42.5 Å². The Bertz CT molecular complexity index is 1360. The number of carbonyl (C=O) groups excluding carboxylic acids is 1. The van der Waals surface area contributed by atoms with Crippen molar-refractivity contribution in [3.05, 3.63) is 89.2 Å². The SMILES string of the molecule is CCSc1ccc(CC(=O)Nc2ccc3c(c2)nc(Cc2ccc(C(F)(F)F)cc2)n3CC(C)C)cc1. The molecule has 0 aliphatic heterocycles. The number of amides is 1. The van der Waals surface area contributed by atoms with E-state index in [1.54, 1.807) is 11.8 Å². The summed E-state index contributed by atoms with van der Waals surface area (Å²) < 4.78 is 40.9. The molecule has 0 unspecified atom stereocenters. The fourth-order valence-corrected chi connectivity index (χ4v) is 4.88. The number of hydrogen-bond donors (Lipinski definition) is 1. The second kappa shape index (κ2) is 11.4. The minimum atomic E-state index is -4.36. The van der Waals surface area contributed by atoms with Gasteiger partial charge in [0.05, 0.1) is 23.0 Å². The smallest absolute Gasteiger partial charge is 0.327 e. The van der Waals surface area contributed by atoms with Crippen LogP contribution in [0.1, 0.15) is 43.3 Å². The molecular formula is C29H30F3N3OS. The van der Waals surface area contributed by atoms with Crippen molar-refractivity contribution in [3.8, 4) is 0 Å². The van der Waals surface area contributed by atoms with E-state index in [2.05, 4.69) is 30.7 Å². The Morgan fingerprint density at radius 1 is 1.00 bits per heavy atom. The lowest BCUT2D eigenvalue weighted by atomic mass is 10.1. The molecule has 194 valence electrons. The molecule has 0 saturated heterocycles. The summed E-state index contributed by atoms with van der Waals surface area (Å²) in [6.07, 6.45) is -3.68. The molecule has 0 atom stereocenters. The molecule has 1 amide bonds. The van der Waals surface area contributed by atoms with E-state index in [0.717, 1.165) is 52.4 Å². The zero-order valence-corrected chi connectivity index (χ0v) is 21.9. The lowest BCUT2D eigenvalue weighted by Gasteiger charge is -2.13. The molecule has 1 heterocycles. The molecule has 0 radical (unpaired) electrons. The highest BCUT2D eigenvalue weighted by molar-refractivity contribution is 7.99. The number of carbonyl (C=O) groups is 1. The minimum absolute atomic E-state index is 0.109. The van der Waals surface area contributed by atoms with Crippen LogP contribution in [0.15, 0.2) is 71.6 Å². The highest BCUT2D eigenvalue weighted by Gasteiger charge is 2.30. The summed E-state index contributed by atoms with van der Waals surface area (Å²) in [4.78, 5) is 18.6. The molecule has 0 saturated carbocycles. The van der Waals surface area contributed by atoms with Crippen LogP contribution >= 0.6 is 11.8 Å². The maximum Gasteiger partial charge on any atom is 0.416 e. The highest BCUT2D eigenvalue weighted by Crippen LogP contribution is 2.30. The van der Waals surface area contributed by atoms with Gasteiger partial charge in [0.1, 0.15) is 5.82 Å². The van der Waals surface area contributed by atoms with E-state index in [1.165, 1.54) is 17.0 Å². The van der Waals surface area contributed by atoms with Crippen molar-refractivity contribution in [2.75, 3.05) is 11.1 Å². The molecular weight excluding hydrogens is 495 g/mol. The van der Waals surface area contributed by atoms with Crippen molar-refractivity contribution in [1.82, 2.24) is 9.55 Å². The van der Waals surface area contributed by atoms with Crippen molar-refractivity contribution in [2.24, 2.45) is 5.92 Å². The number of fused-ring (bicyclic) bond motifs is 1. The van der Waals surface area contributed by atoms with E-state index in [4.69, 9.17) is 4.98 Å². The van der Waals surface area contributed by atoms with E-state index in [0.29, 0.717) is 18.0 Å². The molecule has 0 aliphatic carbocycles. The van der Waals surface area contributed by atoms with Crippen molar-refractivity contribution >= 4 is 34.4 Å². The predicted molar refractivity (Wildman–Crippen MR) is 144 cm³/mol. The first kappa shape index (κ1) is 26.8. The second-order valence-corrected chi connectivity index (χ2v) is 10.7. The number of imidazole rings is 1. The average Bonchev–Trinajstić information content (AvgIpc) is 3.15. The van der Waals surface area contributed by atoms with Crippen LogP contribution in [0.3, 0.4) is 0 Å². The van der Waals surface area contributed by atoms with Crippen LogP contribution in [0.25, 0.3) is 11.0 Å². The van der Waals surface area contributed by atoms with Gasteiger partial charge in [-0.15, -0.1) is 11.8 Å². The summed E-state index contributed by atoms with van der Waals surface area (Å²) in [6, 6.07) is 18.9. The molecule has 37 heavy (non-hydrogen) atoms. The number of thioether (sulfide) groups is 1. The minimum Gasteiger partial charge on any atom is -0.327 e. The van der Waals surface area contributed by atoms with Crippen LogP contribution in [-0.2, 0) is 30.4 Å². The molecule has 3 aromatic carbocycles. The number of alkyl halides is 3. The Labute approximate surface area is 219 Å². The van der Waals surface area contributed by atoms with Crippen LogP contribution in [-0.4, -0.2) is 21.2 Å². The number of anilines is 1. The number of rotatable bonds is 9.